The summed E-state index contributed by atoms with van der Waals surface area (Å²) < 4.78 is 25.6. The van der Waals surface area contributed by atoms with Crippen molar-refractivity contribution in [3.63, 3.8) is 0 Å². The second kappa shape index (κ2) is 5.39. The monoisotopic (exact) mass is 226 g/mol. The Labute approximate surface area is 92.2 Å². The van der Waals surface area contributed by atoms with Gasteiger partial charge < -0.3 is 5.11 Å². The molecule has 1 atom stereocenters. The van der Waals surface area contributed by atoms with Crippen LogP contribution in [0.4, 0.5) is 8.78 Å². The molecule has 16 heavy (non-hydrogen) atoms. The molecular formula is C12H12F2O2. The number of carbonyl (C=O) groups is 1. The molecule has 0 heterocycles. The highest BCUT2D eigenvalue weighted by atomic mass is 19.1. The number of rotatable bonds is 4. The van der Waals surface area contributed by atoms with Crippen molar-refractivity contribution >= 4 is 5.97 Å². The van der Waals surface area contributed by atoms with Gasteiger partial charge in [-0.25, -0.2) is 9.18 Å². The van der Waals surface area contributed by atoms with E-state index in [0.717, 1.165) is 6.08 Å². The van der Waals surface area contributed by atoms with Gasteiger partial charge in [-0.15, -0.1) is 0 Å². The molecule has 4 heteroatoms. The minimum Gasteiger partial charge on any atom is -0.476 e. The first-order chi connectivity index (χ1) is 7.54. The first-order valence-electron chi connectivity index (χ1n) is 4.90. The molecule has 0 bridgehead atoms. The number of allylic oxidation sites excluding steroid dienone is 1. The number of hydrogen-bond acceptors (Lipinski definition) is 1. The van der Waals surface area contributed by atoms with Gasteiger partial charge in [0.15, 0.2) is 0 Å². The maximum atomic E-state index is 12.9. The Hall–Kier alpha value is -1.71. The summed E-state index contributed by atoms with van der Waals surface area (Å²) in [6.45, 7) is 1.81. The highest BCUT2D eigenvalue weighted by molar-refractivity contribution is 5.84. The van der Waals surface area contributed by atoms with Gasteiger partial charge in [-0.05, 0) is 30.2 Å². The topological polar surface area (TPSA) is 37.3 Å². The van der Waals surface area contributed by atoms with Crippen LogP contribution < -0.4 is 0 Å². The average molecular weight is 226 g/mol. The molecule has 0 aliphatic rings. The fraction of sp³-hybridized carbons (Fsp3) is 0.250. The quantitative estimate of drug-likeness (QED) is 0.800. The Kier molecular flexibility index (Phi) is 4.17. The zero-order valence-electron chi connectivity index (χ0n) is 8.78. The van der Waals surface area contributed by atoms with Crippen molar-refractivity contribution in [2.75, 3.05) is 0 Å². The van der Waals surface area contributed by atoms with E-state index < -0.39 is 11.8 Å². The van der Waals surface area contributed by atoms with E-state index in [0.29, 0.717) is 12.0 Å². The van der Waals surface area contributed by atoms with E-state index in [1.807, 2.05) is 0 Å². The fourth-order valence-electron chi connectivity index (χ4n) is 1.41. The zero-order valence-corrected chi connectivity index (χ0v) is 8.78. The summed E-state index contributed by atoms with van der Waals surface area (Å²) in [5, 5.41) is 8.41. The summed E-state index contributed by atoms with van der Waals surface area (Å²) >= 11 is 0. The molecule has 0 spiro atoms. The lowest BCUT2D eigenvalue weighted by Crippen LogP contribution is -2.00. The van der Waals surface area contributed by atoms with Crippen molar-refractivity contribution in [2.45, 2.75) is 19.3 Å². The van der Waals surface area contributed by atoms with Gasteiger partial charge in [0.05, 0.1) is 0 Å². The molecule has 1 rings (SSSR count). The lowest BCUT2D eigenvalue weighted by molar-refractivity contribution is -0.134. The summed E-state index contributed by atoms with van der Waals surface area (Å²) in [5.41, 5.74) is 0.695. The van der Waals surface area contributed by atoms with Crippen molar-refractivity contribution in [1.29, 1.82) is 0 Å². The summed E-state index contributed by atoms with van der Waals surface area (Å²) in [7, 11) is 0. The van der Waals surface area contributed by atoms with Gasteiger partial charge in [-0.1, -0.05) is 19.1 Å². The minimum atomic E-state index is -1.58. The molecule has 0 aliphatic carbocycles. The molecule has 1 N–H and O–H groups in total. The number of benzene rings is 1. The van der Waals surface area contributed by atoms with E-state index in [1.165, 1.54) is 24.3 Å². The van der Waals surface area contributed by atoms with E-state index in [4.69, 9.17) is 5.11 Å². The lowest BCUT2D eigenvalue weighted by atomic mass is 9.96. The third-order valence-corrected chi connectivity index (χ3v) is 2.29. The van der Waals surface area contributed by atoms with Gasteiger partial charge >= 0.3 is 5.97 Å². The van der Waals surface area contributed by atoms with Crippen LogP contribution in [0, 0.1) is 5.82 Å². The van der Waals surface area contributed by atoms with Crippen molar-refractivity contribution in [3.8, 4) is 0 Å². The van der Waals surface area contributed by atoms with E-state index in [9.17, 15) is 13.6 Å². The first-order valence-corrected chi connectivity index (χ1v) is 4.90. The Morgan fingerprint density at radius 2 is 2.00 bits per heavy atom. The summed E-state index contributed by atoms with van der Waals surface area (Å²) in [6.07, 6.45) is 1.59. The van der Waals surface area contributed by atoms with Gasteiger partial charge in [0.25, 0.3) is 0 Å². The van der Waals surface area contributed by atoms with Crippen LogP contribution in [0.15, 0.2) is 36.2 Å². The average Bonchev–Trinajstić information content (AvgIpc) is 2.26. The first kappa shape index (κ1) is 12.4. The second-order valence-corrected chi connectivity index (χ2v) is 3.39. The summed E-state index contributed by atoms with van der Waals surface area (Å²) in [4.78, 5) is 10.3. The number of carboxylic acids is 1. The van der Waals surface area contributed by atoms with E-state index in [1.54, 1.807) is 6.92 Å². The number of halogens is 2. The summed E-state index contributed by atoms with van der Waals surface area (Å²) in [6, 6.07) is 5.58. The molecule has 1 aromatic carbocycles. The van der Waals surface area contributed by atoms with Crippen LogP contribution in [0.25, 0.3) is 0 Å². The molecule has 0 fully saturated rings. The molecule has 1 unspecified atom stereocenters. The standard InChI is InChI=1S/C12H12F2O2/c1-2-8(7-11(14)12(15)16)9-3-5-10(13)6-4-9/h3-8H,2H2,1H3,(H,15,16). The predicted molar refractivity (Wildman–Crippen MR) is 56.3 cm³/mol. The molecule has 0 saturated heterocycles. The number of carboxylic acid groups (broad SMARTS) is 1. The van der Waals surface area contributed by atoms with Gasteiger partial charge in [-0.2, -0.15) is 4.39 Å². The summed E-state index contributed by atoms with van der Waals surface area (Å²) in [5.74, 6) is -3.49. The van der Waals surface area contributed by atoms with Crippen LogP contribution in [0.5, 0.6) is 0 Å². The van der Waals surface area contributed by atoms with Crippen molar-refractivity contribution < 1.29 is 18.7 Å². The van der Waals surface area contributed by atoms with Crippen LogP contribution in [0.1, 0.15) is 24.8 Å². The SMILES string of the molecule is CCC(C=C(F)C(=O)O)c1ccc(F)cc1. The number of aliphatic carboxylic acids is 1. The predicted octanol–water partition coefficient (Wildman–Crippen LogP) is 3.26. The largest absolute Gasteiger partial charge is 0.476 e. The van der Waals surface area contributed by atoms with Crippen LogP contribution in [-0.2, 0) is 4.79 Å². The molecule has 2 nitrogen and oxygen atoms in total. The highest BCUT2D eigenvalue weighted by Gasteiger charge is 2.12. The Morgan fingerprint density at radius 3 is 2.44 bits per heavy atom. The smallest absolute Gasteiger partial charge is 0.364 e. The normalized spacial score (nSPS) is 13.6. The maximum Gasteiger partial charge on any atom is 0.364 e. The molecule has 0 amide bonds. The Bertz CT molecular complexity index is 396. The Balaban J connectivity index is 2.95. The third kappa shape index (κ3) is 3.15. The van der Waals surface area contributed by atoms with Crippen LogP contribution in [0.3, 0.4) is 0 Å². The Morgan fingerprint density at radius 1 is 1.44 bits per heavy atom. The van der Waals surface area contributed by atoms with E-state index >= 15 is 0 Å². The van der Waals surface area contributed by atoms with Gasteiger partial charge in [0.1, 0.15) is 5.82 Å². The molecular weight excluding hydrogens is 214 g/mol. The van der Waals surface area contributed by atoms with Crippen LogP contribution in [-0.4, -0.2) is 11.1 Å². The maximum absolute atomic E-state index is 12.9. The molecule has 0 aromatic heterocycles. The molecule has 0 saturated carbocycles. The third-order valence-electron chi connectivity index (χ3n) is 2.29. The minimum absolute atomic E-state index is 0.350. The van der Waals surface area contributed by atoms with Crippen molar-refractivity contribution in [3.05, 3.63) is 47.5 Å². The second-order valence-electron chi connectivity index (χ2n) is 3.39. The number of hydrogen-bond donors (Lipinski definition) is 1. The van der Waals surface area contributed by atoms with Crippen molar-refractivity contribution in [1.82, 2.24) is 0 Å². The molecule has 86 valence electrons. The van der Waals surface area contributed by atoms with E-state index in [2.05, 4.69) is 0 Å². The van der Waals surface area contributed by atoms with Crippen LogP contribution >= 0.6 is 0 Å². The van der Waals surface area contributed by atoms with Crippen molar-refractivity contribution in [2.24, 2.45) is 0 Å². The lowest BCUT2D eigenvalue weighted by Gasteiger charge is -2.10. The fourth-order valence-corrected chi connectivity index (χ4v) is 1.41. The van der Waals surface area contributed by atoms with Gasteiger partial charge in [0.2, 0.25) is 5.83 Å². The molecule has 1 aromatic rings. The highest BCUT2D eigenvalue weighted by Crippen LogP contribution is 2.23. The molecule has 0 radical (unpaired) electrons. The van der Waals surface area contributed by atoms with Gasteiger partial charge in [-0.3, -0.25) is 0 Å². The van der Waals surface area contributed by atoms with Crippen LogP contribution in [0.2, 0.25) is 0 Å². The van der Waals surface area contributed by atoms with Gasteiger partial charge in [0, 0.05) is 5.92 Å². The van der Waals surface area contributed by atoms with E-state index in [-0.39, 0.29) is 11.7 Å². The zero-order chi connectivity index (χ0) is 12.1. The molecule has 0 aliphatic heterocycles.